The molecule has 0 saturated heterocycles. The Bertz CT molecular complexity index is 960. The van der Waals surface area contributed by atoms with Gasteiger partial charge in [-0.05, 0) is 43.7 Å². The van der Waals surface area contributed by atoms with Crippen LogP contribution < -0.4 is 0 Å². The van der Waals surface area contributed by atoms with Crippen molar-refractivity contribution < 1.29 is 19.1 Å². The molecule has 0 saturated carbocycles. The maximum Gasteiger partial charge on any atom is 0.342 e. The number of carbonyl (C=O) groups excluding carboxylic acids is 2. The lowest BCUT2D eigenvalue weighted by molar-refractivity contribution is 0.0469. The number of rotatable bonds is 5. The van der Waals surface area contributed by atoms with Crippen LogP contribution in [0.4, 0.5) is 0 Å². The zero-order valence-corrected chi connectivity index (χ0v) is 15.4. The standard InChI is InChI=1S/C21H20N2O4/c1-14-19(15(2)23(22-14)18-7-5-4-6-8-18)21(25)27-13-16-9-11-17(12-10-16)20(24)26-3/h4-12H,13H2,1-3H3. The quantitative estimate of drug-likeness (QED) is 0.647. The Labute approximate surface area is 157 Å². The number of para-hydroxylation sites is 1. The number of esters is 2. The Morgan fingerprint density at radius 3 is 2.26 bits per heavy atom. The van der Waals surface area contributed by atoms with Crippen LogP contribution >= 0.6 is 0 Å². The molecule has 0 aliphatic heterocycles. The molecule has 0 unspecified atom stereocenters. The number of aryl methyl sites for hydroxylation is 1. The first kappa shape index (κ1) is 18.4. The van der Waals surface area contributed by atoms with Crippen LogP contribution in [0.15, 0.2) is 54.6 Å². The van der Waals surface area contributed by atoms with Gasteiger partial charge in [0.1, 0.15) is 12.2 Å². The Morgan fingerprint density at radius 2 is 1.63 bits per heavy atom. The summed E-state index contributed by atoms with van der Waals surface area (Å²) >= 11 is 0. The van der Waals surface area contributed by atoms with Crippen LogP contribution in [0.3, 0.4) is 0 Å². The van der Waals surface area contributed by atoms with Crippen LogP contribution in [0.25, 0.3) is 5.69 Å². The monoisotopic (exact) mass is 364 g/mol. The fraction of sp³-hybridized carbons (Fsp3) is 0.190. The highest BCUT2D eigenvalue weighted by molar-refractivity contribution is 5.92. The predicted octanol–water partition coefficient (Wildman–Crippen LogP) is 3.63. The third-order valence-electron chi connectivity index (χ3n) is 4.24. The lowest BCUT2D eigenvalue weighted by Crippen LogP contribution is -2.08. The molecule has 0 radical (unpaired) electrons. The zero-order valence-electron chi connectivity index (χ0n) is 15.4. The molecule has 2 aromatic carbocycles. The molecule has 1 aromatic heterocycles. The van der Waals surface area contributed by atoms with Crippen molar-refractivity contribution in [2.45, 2.75) is 20.5 Å². The van der Waals surface area contributed by atoms with Crippen LogP contribution in [0.1, 0.15) is 37.7 Å². The number of ether oxygens (including phenoxy) is 2. The number of hydrogen-bond donors (Lipinski definition) is 0. The molecule has 0 atom stereocenters. The molecule has 6 heteroatoms. The highest BCUT2D eigenvalue weighted by Gasteiger charge is 2.20. The molecular formula is C21H20N2O4. The molecule has 27 heavy (non-hydrogen) atoms. The number of aromatic nitrogens is 2. The molecule has 3 aromatic rings. The van der Waals surface area contributed by atoms with Crippen LogP contribution in [-0.4, -0.2) is 28.8 Å². The van der Waals surface area contributed by atoms with Gasteiger partial charge in [0.05, 0.1) is 29.7 Å². The van der Waals surface area contributed by atoms with Crippen molar-refractivity contribution >= 4 is 11.9 Å². The Hall–Kier alpha value is -3.41. The van der Waals surface area contributed by atoms with Crippen LogP contribution in [0.5, 0.6) is 0 Å². The van der Waals surface area contributed by atoms with Gasteiger partial charge < -0.3 is 9.47 Å². The summed E-state index contributed by atoms with van der Waals surface area (Å²) in [4.78, 5) is 24.0. The summed E-state index contributed by atoms with van der Waals surface area (Å²) in [6.45, 7) is 3.73. The first-order chi connectivity index (χ1) is 13.0. The second-order valence-corrected chi connectivity index (χ2v) is 6.06. The first-order valence-electron chi connectivity index (χ1n) is 8.47. The van der Waals surface area contributed by atoms with E-state index in [9.17, 15) is 9.59 Å². The molecule has 3 rings (SSSR count). The molecule has 0 aliphatic carbocycles. The van der Waals surface area contributed by atoms with Crippen molar-refractivity contribution in [1.82, 2.24) is 9.78 Å². The van der Waals surface area contributed by atoms with Gasteiger partial charge in [0.25, 0.3) is 0 Å². The lowest BCUT2D eigenvalue weighted by Gasteiger charge is -2.07. The third kappa shape index (κ3) is 3.89. The minimum atomic E-state index is -0.427. The number of benzene rings is 2. The van der Waals surface area contributed by atoms with E-state index in [4.69, 9.17) is 4.74 Å². The van der Waals surface area contributed by atoms with Crippen molar-refractivity contribution in [2.24, 2.45) is 0 Å². The van der Waals surface area contributed by atoms with Gasteiger partial charge in [-0.25, -0.2) is 14.3 Å². The fourth-order valence-corrected chi connectivity index (χ4v) is 2.83. The molecule has 138 valence electrons. The van der Waals surface area contributed by atoms with E-state index in [2.05, 4.69) is 9.84 Å². The van der Waals surface area contributed by atoms with E-state index in [1.807, 2.05) is 37.3 Å². The SMILES string of the molecule is COC(=O)c1ccc(COC(=O)c2c(C)nn(-c3ccccc3)c2C)cc1. The van der Waals surface area contributed by atoms with E-state index in [0.717, 1.165) is 16.9 Å². The zero-order chi connectivity index (χ0) is 19.4. The molecule has 0 spiro atoms. The smallest absolute Gasteiger partial charge is 0.342 e. The molecule has 6 nitrogen and oxygen atoms in total. The van der Waals surface area contributed by atoms with Crippen molar-refractivity contribution in [1.29, 1.82) is 0 Å². The van der Waals surface area contributed by atoms with Gasteiger partial charge in [0.2, 0.25) is 0 Å². The van der Waals surface area contributed by atoms with Crippen molar-refractivity contribution in [3.8, 4) is 5.69 Å². The van der Waals surface area contributed by atoms with Gasteiger partial charge in [-0.1, -0.05) is 30.3 Å². The molecule has 0 N–H and O–H groups in total. The number of methoxy groups -OCH3 is 1. The fourth-order valence-electron chi connectivity index (χ4n) is 2.83. The van der Waals surface area contributed by atoms with Crippen LogP contribution in [0.2, 0.25) is 0 Å². The normalized spacial score (nSPS) is 10.5. The molecule has 0 bridgehead atoms. The van der Waals surface area contributed by atoms with E-state index in [0.29, 0.717) is 16.8 Å². The van der Waals surface area contributed by atoms with Gasteiger partial charge >= 0.3 is 11.9 Å². The second kappa shape index (κ2) is 7.86. The maximum atomic E-state index is 12.6. The van der Waals surface area contributed by atoms with E-state index in [-0.39, 0.29) is 6.61 Å². The number of nitrogens with zero attached hydrogens (tertiary/aromatic N) is 2. The number of carbonyl (C=O) groups is 2. The second-order valence-electron chi connectivity index (χ2n) is 6.06. The highest BCUT2D eigenvalue weighted by Crippen LogP contribution is 2.19. The van der Waals surface area contributed by atoms with Gasteiger partial charge in [0, 0.05) is 0 Å². The van der Waals surface area contributed by atoms with E-state index >= 15 is 0 Å². The topological polar surface area (TPSA) is 70.4 Å². The molecule has 0 amide bonds. The van der Waals surface area contributed by atoms with Crippen molar-refractivity contribution in [3.05, 3.63) is 82.7 Å². The lowest BCUT2D eigenvalue weighted by atomic mass is 10.1. The average Bonchev–Trinajstić information content (AvgIpc) is 3.00. The summed E-state index contributed by atoms with van der Waals surface area (Å²) < 4.78 is 11.8. The summed E-state index contributed by atoms with van der Waals surface area (Å²) in [5.41, 5.74) is 3.91. The van der Waals surface area contributed by atoms with Crippen LogP contribution in [-0.2, 0) is 16.1 Å². The predicted molar refractivity (Wildman–Crippen MR) is 99.9 cm³/mol. The van der Waals surface area contributed by atoms with E-state index < -0.39 is 11.9 Å². The minimum absolute atomic E-state index is 0.107. The Kier molecular flexibility index (Phi) is 5.35. The summed E-state index contributed by atoms with van der Waals surface area (Å²) in [7, 11) is 1.33. The molecular weight excluding hydrogens is 344 g/mol. The van der Waals surface area contributed by atoms with Crippen molar-refractivity contribution in [2.75, 3.05) is 7.11 Å². The first-order valence-corrected chi connectivity index (χ1v) is 8.47. The summed E-state index contributed by atoms with van der Waals surface area (Å²) in [6, 6.07) is 16.4. The highest BCUT2D eigenvalue weighted by atomic mass is 16.5. The average molecular weight is 364 g/mol. The molecule has 0 fully saturated rings. The van der Waals surface area contributed by atoms with Gasteiger partial charge in [0.15, 0.2) is 0 Å². The molecule has 1 heterocycles. The van der Waals surface area contributed by atoms with Crippen molar-refractivity contribution in [3.63, 3.8) is 0 Å². The Morgan fingerprint density at radius 1 is 0.963 bits per heavy atom. The van der Waals surface area contributed by atoms with E-state index in [1.165, 1.54) is 7.11 Å². The van der Waals surface area contributed by atoms with Gasteiger partial charge in [-0.2, -0.15) is 5.10 Å². The summed E-state index contributed by atoms with van der Waals surface area (Å²) in [6.07, 6.45) is 0. The number of hydrogen-bond acceptors (Lipinski definition) is 5. The summed E-state index contributed by atoms with van der Waals surface area (Å²) in [5.74, 6) is -0.831. The van der Waals surface area contributed by atoms with E-state index in [1.54, 1.807) is 35.9 Å². The van der Waals surface area contributed by atoms with Crippen LogP contribution in [0, 0.1) is 13.8 Å². The third-order valence-corrected chi connectivity index (χ3v) is 4.24. The summed E-state index contributed by atoms with van der Waals surface area (Å²) in [5, 5.41) is 4.46. The maximum absolute atomic E-state index is 12.6. The van der Waals surface area contributed by atoms with Gasteiger partial charge in [-0.3, -0.25) is 0 Å². The largest absolute Gasteiger partial charge is 0.465 e. The molecule has 0 aliphatic rings. The van der Waals surface area contributed by atoms with Gasteiger partial charge in [-0.15, -0.1) is 0 Å². The Balaban J connectivity index is 1.73. The minimum Gasteiger partial charge on any atom is -0.465 e.